The van der Waals surface area contributed by atoms with Crippen molar-refractivity contribution in [3.8, 4) is 6.07 Å². The van der Waals surface area contributed by atoms with Crippen LogP contribution in [0.25, 0.3) is 0 Å². The summed E-state index contributed by atoms with van der Waals surface area (Å²) in [6, 6.07) is 11.2. The first-order valence-electron chi connectivity index (χ1n) is 9.54. The van der Waals surface area contributed by atoms with E-state index in [1.54, 1.807) is 19.1 Å². The van der Waals surface area contributed by atoms with Crippen molar-refractivity contribution in [2.75, 3.05) is 11.9 Å². The zero-order valence-electron chi connectivity index (χ0n) is 17.5. The second-order valence-electron chi connectivity index (χ2n) is 5.26. The van der Waals surface area contributed by atoms with E-state index in [1.165, 1.54) is 24.3 Å². The summed E-state index contributed by atoms with van der Waals surface area (Å²) in [7, 11) is 0. The predicted molar refractivity (Wildman–Crippen MR) is 112 cm³/mol. The largest absolute Gasteiger partial charge is 0.352 e. The molecule has 0 saturated heterocycles. The third-order valence-electron chi connectivity index (χ3n) is 3.26. The predicted octanol–water partition coefficient (Wildman–Crippen LogP) is 5.87. The Morgan fingerprint density at radius 2 is 1.79 bits per heavy atom. The van der Waals surface area contributed by atoms with Gasteiger partial charge in [0.25, 0.3) is 5.91 Å². The third-order valence-corrected chi connectivity index (χ3v) is 3.26. The third kappa shape index (κ3) is 7.77. The molecule has 0 spiro atoms. The van der Waals surface area contributed by atoms with E-state index >= 15 is 0 Å². The Bertz CT molecular complexity index is 786. The summed E-state index contributed by atoms with van der Waals surface area (Å²) in [5.74, 6) is -0.908. The van der Waals surface area contributed by atoms with Gasteiger partial charge in [-0.25, -0.2) is 9.87 Å². The molecule has 0 aliphatic heterocycles. The highest BCUT2D eigenvalue weighted by atomic mass is 19.1. The number of nitrogens with one attached hydrogen (secondary N) is 2. The van der Waals surface area contributed by atoms with Gasteiger partial charge in [0.2, 0.25) is 0 Å². The van der Waals surface area contributed by atoms with E-state index in [2.05, 4.69) is 10.8 Å². The van der Waals surface area contributed by atoms with E-state index in [1.807, 2.05) is 40.7 Å². The number of anilines is 2. The summed E-state index contributed by atoms with van der Waals surface area (Å²) in [6.45, 7) is 12.1. The number of halogens is 1. The molecular formula is C22H30FN3O2. The van der Waals surface area contributed by atoms with Crippen molar-refractivity contribution >= 4 is 17.3 Å². The molecule has 0 heterocycles. The molecule has 0 saturated carbocycles. The molecule has 2 rings (SSSR count). The number of hydrogen-bond acceptors (Lipinski definition) is 4. The van der Waals surface area contributed by atoms with E-state index in [0.29, 0.717) is 17.9 Å². The Morgan fingerprint density at radius 1 is 1.11 bits per heavy atom. The zero-order valence-corrected chi connectivity index (χ0v) is 17.5. The van der Waals surface area contributed by atoms with Gasteiger partial charge >= 0.3 is 0 Å². The first kappa shape index (κ1) is 25.1. The molecule has 6 heteroatoms. The Kier molecular flexibility index (Phi) is 12.7. The minimum absolute atomic E-state index is 0.221. The SMILES string of the molecule is CC.CC.CCCONC(=O)c1ccc(C#N)cc1Nc1ccc(C)cc1F. The molecule has 2 N–H and O–H groups in total. The topological polar surface area (TPSA) is 74.1 Å². The molecule has 0 bridgehead atoms. The lowest BCUT2D eigenvalue weighted by atomic mass is 10.1. The van der Waals surface area contributed by atoms with Crippen molar-refractivity contribution < 1.29 is 14.0 Å². The lowest BCUT2D eigenvalue weighted by Gasteiger charge is -2.13. The van der Waals surface area contributed by atoms with Crippen LogP contribution in [-0.2, 0) is 4.84 Å². The standard InChI is InChI=1S/C18H18FN3O2.2C2H6/c1-3-8-24-22-18(23)14-6-5-13(11-20)10-17(14)21-16-7-4-12(2)9-15(16)19;2*1-2/h4-7,9-10,21H,3,8H2,1-2H3,(H,22,23);2*1-2H3. The zero-order chi connectivity index (χ0) is 21.5. The molecule has 0 aliphatic rings. The van der Waals surface area contributed by atoms with Gasteiger partial charge < -0.3 is 5.32 Å². The molecule has 0 fully saturated rings. The van der Waals surface area contributed by atoms with Crippen LogP contribution in [0.3, 0.4) is 0 Å². The molecule has 0 aromatic heterocycles. The number of hydroxylamine groups is 1. The molecule has 0 radical (unpaired) electrons. The van der Waals surface area contributed by atoms with Gasteiger partial charge in [0.05, 0.1) is 35.2 Å². The van der Waals surface area contributed by atoms with Crippen LogP contribution >= 0.6 is 0 Å². The summed E-state index contributed by atoms with van der Waals surface area (Å²) in [4.78, 5) is 17.3. The summed E-state index contributed by atoms with van der Waals surface area (Å²) in [6.07, 6.45) is 0.757. The second kappa shape index (κ2) is 14.2. The van der Waals surface area contributed by atoms with Crippen molar-refractivity contribution in [2.45, 2.75) is 48.0 Å². The fraction of sp³-hybridized carbons (Fsp3) is 0.364. The van der Waals surface area contributed by atoms with E-state index < -0.39 is 11.7 Å². The summed E-state index contributed by atoms with van der Waals surface area (Å²) >= 11 is 0. The average molecular weight is 387 g/mol. The van der Waals surface area contributed by atoms with Gasteiger partial charge in [0.1, 0.15) is 5.82 Å². The fourth-order valence-electron chi connectivity index (χ4n) is 2.06. The first-order chi connectivity index (χ1) is 13.5. The van der Waals surface area contributed by atoms with Gasteiger partial charge in [-0.2, -0.15) is 5.26 Å². The number of nitriles is 1. The molecule has 2 aromatic carbocycles. The van der Waals surface area contributed by atoms with Gasteiger partial charge in [0.15, 0.2) is 0 Å². The molecule has 1 amide bonds. The minimum atomic E-state index is -0.469. The van der Waals surface area contributed by atoms with E-state index in [-0.39, 0.29) is 11.3 Å². The summed E-state index contributed by atoms with van der Waals surface area (Å²) in [5.41, 5.74) is 4.28. The first-order valence-corrected chi connectivity index (χ1v) is 9.54. The van der Waals surface area contributed by atoms with E-state index in [4.69, 9.17) is 10.1 Å². The highest BCUT2D eigenvalue weighted by Crippen LogP contribution is 2.25. The van der Waals surface area contributed by atoms with Crippen molar-refractivity contribution in [1.82, 2.24) is 5.48 Å². The Hall–Kier alpha value is -2.91. The van der Waals surface area contributed by atoms with Crippen molar-refractivity contribution in [1.29, 1.82) is 5.26 Å². The molecule has 28 heavy (non-hydrogen) atoms. The maximum absolute atomic E-state index is 14.0. The van der Waals surface area contributed by atoms with Crippen LogP contribution in [0.5, 0.6) is 0 Å². The number of aryl methyl sites for hydroxylation is 1. The molecule has 0 unspecified atom stereocenters. The quantitative estimate of drug-likeness (QED) is 0.480. The molecule has 2 aromatic rings. The monoisotopic (exact) mass is 387 g/mol. The Balaban J connectivity index is 0.00000171. The van der Waals surface area contributed by atoms with Crippen LogP contribution in [-0.4, -0.2) is 12.5 Å². The van der Waals surface area contributed by atoms with Crippen molar-refractivity contribution in [3.63, 3.8) is 0 Å². The molecule has 0 atom stereocenters. The molecule has 152 valence electrons. The van der Waals surface area contributed by atoms with Gasteiger partial charge in [-0.3, -0.25) is 9.63 Å². The van der Waals surface area contributed by atoms with E-state index in [9.17, 15) is 9.18 Å². The Morgan fingerprint density at radius 3 is 2.36 bits per heavy atom. The van der Waals surface area contributed by atoms with Crippen LogP contribution in [0.15, 0.2) is 36.4 Å². The fourth-order valence-corrected chi connectivity index (χ4v) is 2.06. The number of nitrogens with zero attached hydrogens (tertiary/aromatic N) is 1. The lowest BCUT2D eigenvalue weighted by molar-refractivity contribution is 0.0316. The van der Waals surface area contributed by atoms with Crippen molar-refractivity contribution in [2.24, 2.45) is 0 Å². The number of carbonyl (C=O) groups excluding carboxylic acids is 1. The molecular weight excluding hydrogens is 357 g/mol. The van der Waals surface area contributed by atoms with Crippen LogP contribution in [0.1, 0.15) is 62.5 Å². The van der Waals surface area contributed by atoms with Crippen LogP contribution in [0.4, 0.5) is 15.8 Å². The van der Waals surface area contributed by atoms with E-state index in [0.717, 1.165) is 12.0 Å². The highest BCUT2D eigenvalue weighted by molar-refractivity contribution is 6.00. The summed E-state index contributed by atoms with van der Waals surface area (Å²) < 4.78 is 14.0. The number of rotatable bonds is 6. The highest BCUT2D eigenvalue weighted by Gasteiger charge is 2.14. The van der Waals surface area contributed by atoms with Crippen LogP contribution < -0.4 is 10.8 Å². The smallest absolute Gasteiger partial charge is 0.276 e. The number of hydrogen-bond donors (Lipinski definition) is 2. The number of benzene rings is 2. The number of amides is 1. The maximum Gasteiger partial charge on any atom is 0.276 e. The normalized spacial score (nSPS) is 9.07. The number of carbonyl (C=O) groups is 1. The van der Waals surface area contributed by atoms with Gasteiger partial charge in [0, 0.05) is 0 Å². The Labute approximate surface area is 167 Å². The average Bonchev–Trinajstić information content (AvgIpc) is 2.73. The second-order valence-corrected chi connectivity index (χ2v) is 5.26. The van der Waals surface area contributed by atoms with Crippen LogP contribution in [0.2, 0.25) is 0 Å². The van der Waals surface area contributed by atoms with Crippen molar-refractivity contribution in [3.05, 3.63) is 58.9 Å². The maximum atomic E-state index is 14.0. The van der Waals surface area contributed by atoms with Gasteiger partial charge in [-0.05, 0) is 49.2 Å². The van der Waals surface area contributed by atoms with Gasteiger partial charge in [-0.15, -0.1) is 0 Å². The van der Waals surface area contributed by atoms with Crippen LogP contribution in [0, 0.1) is 24.1 Å². The minimum Gasteiger partial charge on any atom is -0.352 e. The molecule has 5 nitrogen and oxygen atoms in total. The summed E-state index contributed by atoms with van der Waals surface area (Å²) in [5, 5.41) is 11.9. The van der Waals surface area contributed by atoms with Gasteiger partial charge in [-0.1, -0.05) is 40.7 Å². The molecule has 0 aliphatic carbocycles. The lowest BCUT2D eigenvalue weighted by Crippen LogP contribution is -2.25.